The monoisotopic (exact) mass is 275 g/mol. The Hall–Kier alpha value is -1.52. The van der Waals surface area contributed by atoms with Gasteiger partial charge in [-0.05, 0) is 53.2 Å². The number of nitrogen functional groups attached to an aromatic ring is 2. The molecule has 0 unspecified atom stereocenters. The zero-order valence-electron chi connectivity index (χ0n) is 11.5. The minimum absolute atomic E-state index is 0.754. The van der Waals surface area contributed by atoms with E-state index in [1.807, 2.05) is 18.2 Å². The fraction of sp³-hybridized carbons (Fsp3) is 0.333. The van der Waals surface area contributed by atoms with Gasteiger partial charge in [0.15, 0.2) is 0 Å². The van der Waals surface area contributed by atoms with Crippen molar-refractivity contribution in [2.75, 3.05) is 24.6 Å². The molecule has 0 bridgehead atoms. The molecule has 4 N–H and O–H groups in total. The van der Waals surface area contributed by atoms with Gasteiger partial charge in [0.1, 0.15) is 0 Å². The molecule has 0 atom stereocenters. The number of rotatable bonds is 5. The number of thiophene rings is 1. The van der Waals surface area contributed by atoms with Crippen LogP contribution < -0.4 is 11.5 Å². The number of anilines is 2. The van der Waals surface area contributed by atoms with E-state index in [0.717, 1.165) is 36.6 Å². The molecule has 2 rings (SSSR count). The molecule has 0 saturated carbocycles. The zero-order valence-corrected chi connectivity index (χ0v) is 12.3. The van der Waals surface area contributed by atoms with Gasteiger partial charge in [0, 0.05) is 23.5 Å². The van der Waals surface area contributed by atoms with Crippen LogP contribution in [0.15, 0.2) is 29.0 Å². The highest BCUT2D eigenvalue weighted by atomic mass is 32.1. The van der Waals surface area contributed by atoms with Gasteiger partial charge in [-0.25, -0.2) is 0 Å². The lowest BCUT2D eigenvalue weighted by molar-refractivity contribution is 0.296. The quantitative estimate of drug-likeness (QED) is 0.822. The average molecular weight is 275 g/mol. The molecule has 0 aliphatic rings. The summed E-state index contributed by atoms with van der Waals surface area (Å²) >= 11 is 1.72. The largest absolute Gasteiger partial charge is 0.399 e. The number of benzene rings is 1. The number of hydrogen-bond acceptors (Lipinski definition) is 4. The Labute approximate surface area is 118 Å². The molecule has 2 aromatic rings. The Morgan fingerprint density at radius 3 is 2.47 bits per heavy atom. The second kappa shape index (κ2) is 6.08. The minimum atomic E-state index is 0.754. The molecular weight excluding hydrogens is 254 g/mol. The first kappa shape index (κ1) is 13.9. The summed E-state index contributed by atoms with van der Waals surface area (Å²) in [6.07, 6.45) is 0. The fourth-order valence-electron chi connectivity index (χ4n) is 2.18. The van der Waals surface area contributed by atoms with E-state index in [2.05, 4.69) is 29.5 Å². The highest BCUT2D eigenvalue weighted by Gasteiger charge is 2.12. The van der Waals surface area contributed by atoms with Crippen molar-refractivity contribution in [3.8, 4) is 11.1 Å². The molecule has 0 saturated heterocycles. The molecule has 0 spiro atoms. The SMILES string of the molecule is CCN(CC)Cc1cscc1-c1cc(N)ccc1N. The molecule has 4 heteroatoms. The second-order valence-electron chi connectivity index (χ2n) is 4.62. The van der Waals surface area contributed by atoms with Crippen LogP contribution in [0.3, 0.4) is 0 Å². The van der Waals surface area contributed by atoms with Crippen molar-refractivity contribution in [2.45, 2.75) is 20.4 Å². The first-order valence-corrected chi connectivity index (χ1v) is 7.52. The first-order chi connectivity index (χ1) is 9.15. The van der Waals surface area contributed by atoms with Gasteiger partial charge in [-0.2, -0.15) is 11.3 Å². The third kappa shape index (κ3) is 3.08. The van der Waals surface area contributed by atoms with Gasteiger partial charge in [-0.1, -0.05) is 13.8 Å². The molecule has 0 fully saturated rings. The average Bonchev–Trinajstić information content (AvgIpc) is 2.86. The summed E-state index contributed by atoms with van der Waals surface area (Å²) in [6, 6.07) is 5.68. The van der Waals surface area contributed by atoms with Crippen LogP contribution >= 0.6 is 11.3 Å². The Balaban J connectivity index is 2.36. The summed E-state index contributed by atoms with van der Waals surface area (Å²) in [4.78, 5) is 2.40. The molecule has 0 aliphatic carbocycles. The van der Waals surface area contributed by atoms with Crippen LogP contribution in [0, 0.1) is 0 Å². The highest BCUT2D eigenvalue weighted by Crippen LogP contribution is 2.33. The van der Waals surface area contributed by atoms with Gasteiger partial charge in [-0.15, -0.1) is 0 Å². The molecule has 0 aliphatic heterocycles. The Morgan fingerprint density at radius 2 is 1.79 bits per heavy atom. The maximum atomic E-state index is 6.08. The summed E-state index contributed by atoms with van der Waals surface area (Å²) in [5, 5.41) is 4.36. The lowest BCUT2D eigenvalue weighted by Gasteiger charge is -2.18. The maximum Gasteiger partial charge on any atom is 0.0395 e. The molecule has 1 aromatic heterocycles. The van der Waals surface area contributed by atoms with E-state index in [9.17, 15) is 0 Å². The van der Waals surface area contributed by atoms with Gasteiger partial charge >= 0.3 is 0 Å². The van der Waals surface area contributed by atoms with Crippen molar-refractivity contribution in [1.82, 2.24) is 4.90 Å². The van der Waals surface area contributed by atoms with Crippen LogP contribution in [0.2, 0.25) is 0 Å². The topological polar surface area (TPSA) is 55.3 Å². The van der Waals surface area contributed by atoms with Crippen LogP contribution in [0.4, 0.5) is 11.4 Å². The molecule has 102 valence electrons. The van der Waals surface area contributed by atoms with E-state index in [1.54, 1.807) is 11.3 Å². The van der Waals surface area contributed by atoms with Gasteiger partial charge < -0.3 is 11.5 Å². The lowest BCUT2D eigenvalue weighted by Crippen LogP contribution is -2.22. The van der Waals surface area contributed by atoms with Gasteiger partial charge in [0.2, 0.25) is 0 Å². The smallest absolute Gasteiger partial charge is 0.0395 e. The summed E-state index contributed by atoms with van der Waals surface area (Å²) in [5.74, 6) is 0. The van der Waals surface area contributed by atoms with E-state index in [0.29, 0.717) is 0 Å². The molecule has 1 heterocycles. The number of nitrogens with two attached hydrogens (primary N) is 2. The van der Waals surface area contributed by atoms with E-state index in [4.69, 9.17) is 11.5 Å². The molecule has 3 nitrogen and oxygen atoms in total. The molecule has 0 radical (unpaired) electrons. The van der Waals surface area contributed by atoms with Crippen LogP contribution in [-0.4, -0.2) is 18.0 Å². The lowest BCUT2D eigenvalue weighted by atomic mass is 10.0. The third-order valence-corrected chi connectivity index (χ3v) is 4.19. The van der Waals surface area contributed by atoms with Crippen LogP contribution in [0.5, 0.6) is 0 Å². The van der Waals surface area contributed by atoms with Crippen molar-refractivity contribution in [1.29, 1.82) is 0 Å². The number of nitrogens with zero attached hydrogens (tertiary/aromatic N) is 1. The third-order valence-electron chi connectivity index (χ3n) is 3.40. The maximum absolute atomic E-state index is 6.08. The van der Waals surface area contributed by atoms with E-state index in [-0.39, 0.29) is 0 Å². The van der Waals surface area contributed by atoms with Gasteiger partial charge in [0.05, 0.1) is 0 Å². The molecule has 0 amide bonds. The summed E-state index contributed by atoms with van der Waals surface area (Å²) < 4.78 is 0. The standard InChI is InChI=1S/C15H21N3S/c1-3-18(4-2)8-11-9-19-10-14(11)13-7-12(16)5-6-15(13)17/h5-7,9-10H,3-4,8,16-17H2,1-2H3. The summed E-state index contributed by atoms with van der Waals surface area (Å²) in [5.41, 5.74) is 17.1. The predicted molar refractivity (Wildman–Crippen MR) is 85.2 cm³/mol. The molecule has 1 aromatic carbocycles. The van der Waals surface area contributed by atoms with E-state index >= 15 is 0 Å². The molecular formula is C15H21N3S. The van der Waals surface area contributed by atoms with E-state index in [1.165, 1.54) is 11.1 Å². The van der Waals surface area contributed by atoms with Crippen molar-refractivity contribution < 1.29 is 0 Å². The fourth-order valence-corrected chi connectivity index (χ4v) is 3.03. The summed E-state index contributed by atoms with van der Waals surface area (Å²) in [6.45, 7) is 7.44. The number of hydrogen-bond donors (Lipinski definition) is 2. The van der Waals surface area contributed by atoms with Crippen LogP contribution in [-0.2, 0) is 6.54 Å². The highest BCUT2D eigenvalue weighted by molar-refractivity contribution is 7.08. The molecule has 19 heavy (non-hydrogen) atoms. The Kier molecular flexibility index (Phi) is 4.45. The van der Waals surface area contributed by atoms with Gasteiger partial charge in [0.25, 0.3) is 0 Å². The van der Waals surface area contributed by atoms with Crippen molar-refractivity contribution in [3.63, 3.8) is 0 Å². The first-order valence-electron chi connectivity index (χ1n) is 6.58. The van der Waals surface area contributed by atoms with Crippen LogP contribution in [0.1, 0.15) is 19.4 Å². The van der Waals surface area contributed by atoms with Crippen molar-refractivity contribution in [3.05, 3.63) is 34.5 Å². The second-order valence-corrected chi connectivity index (χ2v) is 5.36. The van der Waals surface area contributed by atoms with E-state index < -0.39 is 0 Å². The minimum Gasteiger partial charge on any atom is -0.399 e. The summed E-state index contributed by atoms with van der Waals surface area (Å²) in [7, 11) is 0. The van der Waals surface area contributed by atoms with Crippen molar-refractivity contribution >= 4 is 22.7 Å². The van der Waals surface area contributed by atoms with Crippen LogP contribution in [0.25, 0.3) is 11.1 Å². The zero-order chi connectivity index (χ0) is 13.8. The normalized spacial score (nSPS) is 11.1. The Morgan fingerprint density at radius 1 is 1.05 bits per heavy atom. The predicted octanol–water partition coefficient (Wildman–Crippen LogP) is 3.42. The van der Waals surface area contributed by atoms with Gasteiger partial charge in [-0.3, -0.25) is 4.90 Å². The Bertz CT molecular complexity index is 544. The van der Waals surface area contributed by atoms with Crippen molar-refractivity contribution in [2.24, 2.45) is 0 Å².